The number of alkyl halides is 6. The van der Waals surface area contributed by atoms with Gasteiger partial charge >= 0.3 is 0 Å². The van der Waals surface area contributed by atoms with E-state index in [1.807, 2.05) is 6.92 Å². The molecule has 0 saturated heterocycles. The first-order chi connectivity index (χ1) is 47.1. The predicted octanol–water partition coefficient (Wildman–Crippen LogP) is 14.8. The van der Waals surface area contributed by atoms with E-state index in [4.69, 9.17) is 14.2 Å². The highest BCUT2D eigenvalue weighted by Crippen LogP contribution is 2.34. The number of aromatic hydroxyl groups is 1. The number of rotatable bonds is 22. The average molecular weight is 1470 g/mol. The molecule has 0 aliphatic carbocycles. The van der Waals surface area contributed by atoms with Gasteiger partial charge in [0.25, 0.3) is 19.3 Å². The SMILES string of the molecule is C[C@@H](Nc1ccn2ncc(-c3cn[nH]c3)c2n1)c1cc(F)ccc1OCC(F)F.C[C@@H](Nc1ccn2ncc(I)c2n1)c1cc(F)ccc1OCC(F)F.C[C@@H](Nc1ccn2nccc2n1)c1cc(F)ccc1O.C[C@@H](Nc1ccn2nccc2n1)c1cc(F)ccc1OCC(F)F. The highest BCUT2D eigenvalue weighted by molar-refractivity contribution is 14.1. The molecule has 4 aromatic carbocycles. The minimum absolute atomic E-state index is 0.0526. The van der Waals surface area contributed by atoms with Gasteiger partial charge in [-0.25, -0.2) is 81.9 Å². The molecule has 0 unspecified atom stereocenters. The van der Waals surface area contributed by atoms with Gasteiger partial charge in [0, 0.05) is 76.5 Å². The van der Waals surface area contributed by atoms with E-state index in [0.29, 0.717) is 68.1 Å². The minimum atomic E-state index is -2.62. The van der Waals surface area contributed by atoms with E-state index in [0.717, 1.165) is 14.7 Å². The van der Waals surface area contributed by atoms with E-state index < -0.39 is 74.7 Å². The van der Waals surface area contributed by atoms with Crippen LogP contribution in [0, 0.1) is 26.8 Å². The first-order valence-corrected chi connectivity index (χ1v) is 30.8. The van der Waals surface area contributed by atoms with Gasteiger partial charge in [0.1, 0.15) is 89.4 Å². The molecular weight excluding hydrogens is 1410 g/mol. The summed E-state index contributed by atoms with van der Waals surface area (Å²) < 4.78 is 151. The number of aromatic nitrogens is 14. The second-order valence-electron chi connectivity index (χ2n) is 21.4. The predicted molar refractivity (Wildman–Crippen MR) is 352 cm³/mol. The van der Waals surface area contributed by atoms with Crippen LogP contribution < -0.4 is 35.5 Å². The van der Waals surface area contributed by atoms with Crippen molar-refractivity contribution in [2.45, 2.75) is 71.1 Å². The number of halogens is 11. The summed E-state index contributed by atoms with van der Waals surface area (Å²) in [5, 5.41) is 45.5. The first kappa shape index (κ1) is 69.8. The van der Waals surface area contributed by atoms with Crippen LogP contribution in [0.1, 0.15) is 74.1 Å². The Hall–Kier alpha value is -11.0. The number of fused-ring (bicyclic) bond motifs is 4. The Morgan fingerprint density at radius 3 is 1.26 bits per heavy atom. The zero-order valence-corrected chi connectivity index (χ0v) is 54.1. The Kier molecular flexibility index (Phi) is 22.9. The van der Waals surface area contributed by atoms with E-state index >= 15 is 0 Å². The third-order valence-corrected chi connectivity index (χ3v) is 15.1. The number of hydrogen-bond acceptors (Lipinski definition) is 17. The van der Waals surface area contributed by atoms with Crippen LogP contribution in [0.5, 0.6) is 23.0 Å². The van der Waals surface area contributed by atoms with Crippen molar-refractivity contribution >= 4 is 68.5 Å². The molecule has 13 rings (SSSR count). The van der Waals surface area contributed by atoms with Crippen LogP contribution in [0.2, 0.25) is 0 Å². The smallest absolute Gasteiger partial charge is 0.272 e. The minimum Gasteiger partial charge on any atom is -0.508 e. The highest BCUT2D eigenvalue weighted by atomic mass is 127. The van der Waals surface area contributed by atoms with Crippen LogP contribution in [0.25, 0.3) is 33.7 Å². The molecule has 0 radical (unpaired) electrons. The van der Waals surface area contributed by atoms with Crippen molar-refractivity contribution in [2.24, 2.45) is 0 Å². The van der Waals surface area contributed by atoms with Gasteiger partial charge in [0.15, 0.2) is 22.6 Å². The van der Waals surface area contributed by atoms with E-state index in [1.54, 1.807) is 137 Å². The molecule has 0 spiro atoms. The van der Waals surface area contributed by atoms with Crippen LogP contribution in [-0.4, -0.2) is 113 Å². The van der Waals surface area contributed by atoms with Crippen molar-refractivity contribution in [3.63, 3.8) is 0 Å². The van der Waals surface area contributed by atoms with Crippen LogP contribution in [-0.2, 0) is 0 Å². The fraction of sp³-hybridized carbons (Fsp3) is 0.215. The molecule has 0 fully saturated rings. The van der Waals surface area contributed by atoms with Crippen LogP contribution >= 0.6 is 22.6 Å². The molecule has 9 aromatic heterocycles. The molecule has 22 nitrogen and oxygen atoms in total. The van der Waals surface area contributed by atoms with Gasteiger partial charge < -0.3 is 40.6 Å². The number of phenols is 1. The summed E-state index contributed by atoms with van der Waals surface area (Å²) in [7, 11) is 0. The average Bonchev–Trinajstić information content (AvgIpc) is 1.60. The fourth-order valence-electron chi connectivity index (χ4n) is 9.75. The van der Waals surface area contributed by atoms with Crippen molar-refractivity contribution in [1.29, 1.82) is 0 Å². The Bertz CT molecular complexity index is 4770. The summed E-state index contributed by atoms with van der Waals surface area (Å²) in [6.45, 7) is 4.89. The summed E-state index contributed by atoms with van der Waals surface area (Å²) in [6, 6.07) is 24.2. The third-order valence-electron chi connectivity index (χ3n) is 14.3. The number of nitrogens with zero attached hydrogens (tertiary/aromatic N) is 13. The lowest BCUT2D eigenvalue weighted by Crippen LogP contribution is -2.13. The lowest BCUT2D eigenvalue weighted by atomic mass is 10.1. The maximum atomic E-state index is 13.8. The number of phenolic OH excluding ortho intramolecular Hbond substituents is 1. The van der Waals surface area contributed by atoms with Gasteiger partial charge in [-0.2, -0.15) is 25.5 Å². The Morgan fingerprint density at radius 2 is 0.827 bits per heavy atom. The summed E-state index contributed by atoms with van der Waals surface area (Å²) in [5.41, 5.74) is 6.06. The molecule has 4 atom stereocenters. The Morgan fingerprint density at radius 1 is 0.449 bits per heavy atom. The van der Waals surface area contributed by atoms with Gasteiger partial charge in [0.05, 0.1) is 58.7 Å². The summed E-state index contributed by atoms with van der Waals surface area (Å²) in [4.78, 5) is 17.8. The topological polar surface area (TPSA) is 245 Å². The molecule has 0 saturated carbocycles. The molecule has 0 amide bonds. The van der Waals surface area contributed by atoms with E-state index in [1.165, 1.54) is 72.8 Å². The first-order valence-electron chi connectivity index (χ1n) is 29.7. The lowest BCUT2D eigenvalue weighted by molar-refractivity contribution is 0.0810. The molecular formula is C65H59F10IN18O4. The Labute approximate surface area is 564 Å². The summed E-state index contributed by atoms with van der Waals surface area (Å²) in [6.07, 6.45) is 9.24. The molecule has 0 bridgehead atoms. The standard InChI is InChI=1S/C19H17F3N6O.C16H14F3IN4O.C16H15F3N4O.C14H13FN4O/c1-11(14-6-13(20)2-3-16(14)29-10-17(21)22)26-18-4-5-28-19(27-18)15(9-25-28)12-7-23-24-8-12;1-9(11-6-10(17)2-3-13(11)25-8-14(18)19)22-15-4-5-24-16(23-15)12(20)7-21-24;1-10(21-15-5-7-23-16(22-15)4-6-20-23)12-8-11(17)2-3-13(12)24-9-14(18)19;1-9(11-8-10(15)2-3-12(11)20)17-13-5-7-19-14(18-13)4-6-16-19/h2-9,11,17H,10H2,1H3,(H,23,24)(H,26,27);2-7,9,14H,8H2,1H3,(H,22,23);2-8,10,14H,9H2,1H3,(H,21,22);2-9,20H,1H3,(H,17,18)/t11-;9-;10-;9-/m1111/s1. The van der Waals surface area contributed by atoms with Gasteiger partial charge in [0.2, 0.25) is 0 Å². The second kappa shape index (κ2) is 32.2. The second-order valence-corrected chi connectivity index (χ2v) is 22.6. The van der Waals surface area contributed by atoms with Gasteiger partial charge in [-0.1, -0.05) is 0 Å². The maximum Gasteiger partial charge on any atom is 0.272 e. The normalized spacial score (nSPS) is 12.5. The zero-order valence-electron chi connectivity index (χ0n) is 52.0. The molecule has 13 aromatic rings. The number of anilines is 4. The number of ether oxygens (including phenoxy) is 3. The molecule has 6 N–H and O–H groups in total. The fourth-order valence-corrected chi connectivity index (χ4v) is 10.2. The largest absolute Gasteiger partial charge is 0.508 e. The van der Waals surface area contributed by atoms with Gasteiger partial charge in [-0.05, 0) is 147 Å². The van der Waals surface area contributed by atoms with Crippen molar-refractivity contribution in [2.75, 3.05) is 41.1 Å². The maximum absolute atomic E-state index is 13.8. The lowest BCUT2D eigenvalue weighted by Gasteiger charge is -2.19. The molecule has 0 aliphatic rings. The quantitative estimate of drug-likeness (QED) is 0.0273. The monoisotopic (exact) mass is 1470 g/mol. The zero-order chi connectivity index (χ0) is 69.6. The van der Waals surface area contributed by atoms with E-state index in [9.17, 15) is 49.0 Å². The number of aromatic amines is 1. The third kappa shape index (κ3) is 18.3. The van der Waals surface area contributed by atoms with E-state index in [-0.39, 0.29) is 34.9 Å². The van der Waals surface area contributed by atoms with Crippen LogP contribution in [0.4, 0.5) is 67.2 Å². The van der Waals surface area contributed by atoms with Crippen molar-refractivity contribution in [3.05, 3.63) is 220 Å². The van der Waals surface area contributed by atoms with Gasteiger partial charge in [-0.3, -0.25) is 5.10 Å². The number of nitrogens with one attached hydrogen (secondary N) is 5. The van der Waals surface area contributed by atoms with E-state index in [2.05, 4.69) is 94.4 Å². The highest BCUT2D eigenvalue weighted by Gasteiger charge is 2.21. The van der Waals surface area contributed by atoms with Crippen molar-refractivity contribution in [1.82, 2.24) is 68.6 Å². The molecule has 510 valence electrons. The van der Waals surface area contributed by atoms with Crippen LogP contribution in [0.3, 0.4) is 0 Å². The number of benzene rings is 4. The van der Waals surface area contributed by atoms with Crippen molar-refractivity contribution < 1.29 is 63.2 Å². The number of H-pyrrole nitrogens is 1. The molecule has 33 heteroatoms. The van der Waals surface area contributed by atoms with Crippen LogP contribution in [0.15, 0.2) is 171 Å². The summed E-state index contributed by atoms with van der Waals surface area (Å²) in [5.74, 6) is 1.11. The molecule has 9 heterocycles. The Balaban J connectivity index is 0.000000143. The molecule has 98 heavy (non-hydrogen) atoms. The molecule has 0 aliphatic heterocycles. The van der Waals surface area contributed by atoms with Gasteiger partial charge in [-0.15, -0.1) is 0 Å². The number of hydrogen-bond donors (Lipinski definition) is 6. The summed E-state index contributed by atoms with van der Waals surface area (Å²) >= 11 is 2.13. The van der Waals surface area contributed by atoms with Crippen molar-refractivity contribution in [3.8, 4) is 34.1 Å².